The van der Waals surface area contributed by atoms with E-state index < -0.39 is 0 Å². The lowest BCUT2D eigenvalue weighted by Gasteiger charge is -2.13. The van der Waals surface area contributed by atoms with Gasteiger partial charge in [0.1, 0.15) is 0 Å². The molecule has 1 heterocycles. The Labute approximate surface area is 335 Å². The summed E-state index contributed by atoms with van der Waals surface area (Å²) in [6.07, 6.45) is 0. The molecule has 0 aliphatic heterocycles. The average Bonchev–Trinajstić information content (AvgIpc) is 3.28. The van der Waals surface area contributed by atoms with Gasteiger partial charge in [0.2, 0.25) is 0 Å². The van der Waals surface area contributed by atoms with Gasteiger partial charge in [-0.3, -0.25) is 0 Å². The van der Waals surface area contributed by atoms with E-state index in [0.29, 0.717) is 11.7 Å². The smallest absolute Gasteiger partial charge is 0.160 e. The molecule has 0 atom stereocenters. The molecule has 57 heavy (non-hydrogen) atoms. The monoisotopic (exact) mass is 734 g/mol. The van der Waals surface area contributed by atoms with Crippen molar-refractivity contribution in [2.24, 2.45) is 9.98 Å². The minimum absolute atomic E-state index is 0.668. The molecule has 4 heteroatoms. The SMILES string of the molecule is CC(=NC(=NC(=C(C)C)c1cccc(-c2cccc(-c3nc(-c4ccccc4)cc(-c4cccc(-c5ccccc5)c4)n3)c2)c1)c1ccccc1)c1ccccc1. The van der Waals surface area contributed by atoms with Gasteiger partial charge in [-0.25, -0.2) is 20.0 Å². The summed E-state index contributed by atoms with van der Waals surface area (Å²) in [7, 11) is 0. The van der Waals surface area contributed by atoms with E-state index in [9.17, 15) is 0 Å². The van der Waals surface area contributed by atoms with Crippen LogP contribution in [0, 0.1) is 0 Å². The Morgan fingerprint density at radius 1 is 0.351 bits per heavy atom. The number of aromatic nitrogens is 2. The number of nitrogens with zero attached hydrogens (tertiary/aromatic N) is 4. The zero-order valence-corrected chi connectivity index (χ0v) is 32.3. The lowest BCUT2D eigenvalue weighted by atomic mass is 9.98. The summed E-state index contributed by atoms with van der Waals surface area (Å²) in [4.78, 5) is 20.7. The molecular formula is C53H42N4. The predicted octanol–water partition coefficient (Wildman–Crippen LogP) is 13.5. The summed E-state index contributed by atoms with van der Waals surface area (Å²) >= 11 is 0. The fourth-order valence-corrected chi connectivity index (χ4v) is 6.87. The molecule has 8 aromatic rings. The third-order valence-electron chi connectivity index (χ3n) is 9.84. The number of allylic oxidation sites excluding steroid dienone is 1. The Kier molecular flexibility index (Phi) is 10.9. The Morgan fingerprint density at radius 2 is 0.789 bits per heavy atom. The Hall–Kier alpha value is -7.30. The standard InChI is InChI=1S/C53H42N4/c1-37(2)51(57-52(42-25-14-7-15-26-42)54-38(3)39-19-8-4-9-20-39)47-31-17-28-44(34-47)45-29-18-32-48(35-45)53-55-49(41-23-12-6-13-24-41)36-50(56-53)46-30-16-27-43(33-46)40-21-10-5-11-22-40/h4-36H,1-3H3. The normalized spacial score (nSPS) is 11.6. The van der Waals surface area contributed by atoms with Crippen LogP contribution < -0.4 is 0 Å². The molecule has 274 valence electrons. The Bertz CT molecular complexity index is 2730. The van der Waals surface area contributed by atoms with Crippen LogP contribution in [-0.4, -0.2) is 21.5 Å². The molecule has 8 rings (SSSR count). The van der Waals surface area contributed by atoms with Crippen molar-refractivity contribution in [1.82, 2.24) is 9.97 Å². The lowest BCUT2D eigenvalue weighted by Crippen LogP contribution is -2.04. The quantitative estimate of drug-likeness (QED) is 0.109. The van der Waals surface area contributed by atoms with E-state index >= 15 is 0 Å². The zero-order chi connectivity index (χ0) is 39.0. The van der Waals surface area contributed by atoms with Gasteiger partial charge in [0.15, 0.2) is 11.7 Å². The van der Waals surface area contributed by atoms with Crippen LogP contribution in [0.2, 0.25) is 0 Å². The van der Waals surface area contributed by atoms with Crippen molar-refractivity contribution in [3.05, 3.63) is 222 Å². The maximum atomic E-state index is 5.27. The van der Waals surface area contributed by atoms with Crippen LogP contribution in [0.1, 0.15) is 37.5 Å². The van der Waals surface area contributed by atoms with E-state index in [4.69, 9.17) is 20.0 Å². The van der Waals surface area contributed by atoms with Gasteiger partial charge in [-0.15, -0.1) is 0 Å². The van der Waals surface area contributed by atoms with Crippen LogP contribution in [0.3, 0.4) is 0 Å². The first-order valence-electron chi connectivity index (χ1n) is 19.2. The molecule has 4 nitrogen and oxygen atoms in total. The highest BCUT2D eigenvalue weighted by molar-refractivity contribution is 6.12. The molecule has 0 bridgehead atoms. The van der Waals surface area contributed by atoms with Gasteiger partial charge in [0.25, 0.3) is 0 Å². The number of benzene rings is 7. The highest BCUT2D eigenvalue weighted by Crippen LogP contribution is 2.33. The zero-order valence-electron chi connectivity index (χ0n) is 32.3. The van der Waals surface area contributed by atoms with Gasteiger partial charge >= 0.3 is 0 Å². The number of aliphatic imine (C=N–C) groups is 2. The fraction of sp³-hybridized carbons (Fsp3) is 0.0566. The first-order chi connectivity index (χ1) is 28.0. The number of hydrogen-bond acceptors (Lipinski definition) is 3. The Balaban J connectivity index is 1.18. The molecule has 0 saturated carbocycles. The van der Waals surface area contributed by atoms with Crippen LogP contribution in [0.25, 0.3) is 61.9 Å². The number of amidine groups is 1. The third-order valence-corrected chi connectivity index (χ3v) is 9.84. The first-order valence-corrected chi connectivity index (χ1v) is 19.2. The van der Waals surface area contributed by atoms with Gasteiger partial charge < -0.3 is 0 Å². The maximum Gasteiger partial charge on any atom is 0.160 e. The van der Waals surface area contributed by atoms with E-state index in [1.807, 2.05) is 67.6 Å². The summed E-state index contributed by atoms with van der Waals surface area (Å²) in [5, 5.41) is 0. The number of hydrogen-bond donors (Lipinski definition) is 0. The van der Waals surface area contributed by atoms with E-state index in [0.717, 1.165) is 78.4 Å². The molecule has 7 aromatic carbocycles. The molecule has 0 unspecified atom stereocenters. The molecule has 0 radical (unpaired) electrons. The van der Waals surface area contributed by atoms with Crippen LogP contribution in [0.5, 0.6) is 0 Å². The van der Waals surface area contributed by atoms with Crippen LogP contribution >= 0.6 is 0 Å². The van der Waals surface area contributed by atoms with E-state index in [-0.39, 0.29) is 0 Å². The second kappa shape index (κ2) is 17.0. The van der Waals surface area contributed by atoms with E-state index in [1.54, 1.807) is 0 Å². The summed E-state index contributed by atoms with van der Waals surface area (Å²) in [6.45, 7) is 6.24. The van der Waals surface area contributed by atoms with Crippen molar-refractivity contribution in [3.8, 4) is 56.2 Å². The van der Waals surface area contributed by atoms with Crippen molar-refractivity contribution in [1.29, 1.82) is 0 Å². The topological polar surface area (TPSA) is 50.5 Å². The van der Waals surface area contributed by atoms with Gasteiger partial charge in [-0.2, -0.15) is 0 Å². The van der Waals surface area contributed by atoms with E-state index in [1.165, 1.54) is 5.56 Å². The molecule has 0 amide bonds. The number of rotatable bonds is 9. The fourth-order valence-electron chi connectivity index (χ4n) is 6.87. The molecule has 1 aromatic heterocycles. The summed E-state index contributed by atoms with van der Waals surface area (Å²) in [6, 6.07) is 68.9. The summed E-state index contributed by atoms with van der Waals surface area (Å²) in [5.74, 6) is 1.34. The summed E-state index contributed by atoms with van der Waals surface area (Å²) in [5.41, 5.74) is 15.1. The van der Waals surface area contributed by atoms with Crippen molar-refractivity contribution < 1.29 is 0 Å². The van der Waals surface area contributed by atoms with Crippen molar-refractivity contribution >= 4 is 17.2 Å². The molecular weight excluding hydrogens is 693 g/mol. The Morgan fingerprint density at radius 3 is 1.42 bits per heavy atom. The lowest BCUT2D eigenvalue weighted by molar-refractivity contribution is 1.18. The predicted molar refractivity (Wildman–Crippen MR) is 239 cm³/mol. The first kappa shape index (κ1) is 36.7. The van der Waals surface area contributed by atoms with Crippen molar-refractivity contribution in [2.45, 2.75) is 20.8 Å². The minimum Gasteiger partial charge on any atom is -0.233 e. The van der Waals surface area contributed by atoms with Crippen LogP contribution in [0.4, 0.5) is 0 Å². The summed E-state index contributed by atoms with van der Waals surface area (Å²) < 4.78 is 0. The van der Waals surface area contributed by atoms with Crippen LogP contribution in [0.15, 0.2) is 216 Å². The highest BCUT2D eigenvalue weighted by Gasteiger charge is 2.14. The second-order valence-electron chi connectivity index (χ2n) is 14.1. The second-order valence-corrected chi connectivity index (χ2v) is 14.1. The van der Waals surface area contributed by atoms with Gasteiger partial charge in [-0.05, 0) is 72.9 Å². The van der Waals surface area contributed by atoms with Gasteiger partial charge in [0.05, 0.1) is 17.1 Å². The molecule has 0 N–H and O–H groups in total. The van der Waals surface area contributed by atoms with Crippen molar-refractivity contribution in [2.75, 3.05) is 0 Å². The maximum absolute atomic E-state index is 5.27. The third kappa shape index (κ3) is 8.67. The van der Waals surface area contributed by atoms with Gasteiger partial charge in [-0.1, -0.05) is 181 Å². The molecule has 0 aliphatic carbocycles. The largest absolute Gasteiger partial charge is 0.233 e. The molecule has 0 saturated heterocycles. The van der Waals surface area contributed by atoms with Crippen LogP contribution in [-0.2, 0) is 0 Å². The molecule has 0 spiro atoms. The molecule has 0 fully saturated rings. The average molecular weight is 735 g/mol. The highest BCUT2D eigenvalue weighted by atomic mass is 14.9. The molecule has 0 aliphatic rings. The van der Waals surface area contributed by atoms with Gasteiger partial charge in [0, 0.05) is 33.5 Å². The van der Waals surface area contributed by atoms with E-state index in [2.05, 4.69) is 153 Å². The minimum atomic E-state index is 0.668. The van der Waals surface area contributed by atoms with Crippen molar-refractivity contribution in [3.63, 3.8) is 0 Å².